The van der Waals surface area contributed by atoms with E-state index in [1.807, 2.05) is 6.08 Å². The van der Waals surface area contributed by atoms with Crippen LogP contribution in [0.3, 0.4) is 0 Å². The summed E-state index contributed by atoms with van der Waals surface area (Å²) in [5.41, 5.74) is 7.72. The van der Waals surface area contributed by atoms with Crippen LogP contribution in [0.4, 0.5) is 0 Å². The molecule has 0 aromatic heterocycles. The number of carbonyl (C=O) groups is 1. The molecular weight excluding hydrogens is 480 g/mol. The molecule has 0 heterocycles. The van der Waals surface area contributed by atoms with E-state index in [4.69, 9.17) is 4.43 Å². The molecule has 0 N–H and O–H groups in total. The Labute approximate surface area is 231 Å². The maximum Gasteiger partial charge on any atom is 0.289 e. The van der Waals surface area contributed by atoms with Crippen LogP contribution in [0, 0.1) is 20.8 Å². The first-order valence-corrected chi connectivity index (χ1v) is 16.1. The Hall–Kier alpha value is -2.75. The zero-order valence-electron chi connectivity index (χ0n) is 24.7. The van der Waals surface area contributed by atoms with Gasteiger partial charge in [0.15, 0.2) is 5.78 Å². The van der Waals surface area contributed by atoms with Crippen LogP contribution in [0.5, 0.6) is 0 Å². The highest BCUT2D eigenvalue weighted by Gasteiger charge is 2.49. The molecule has 0 bridgehead atoms. The fourth-order valence-corrected chi connectivity index (χ4v) is 11.4. The van der Waals surface area contributed by atoms with Gasteiger partial charge >= 0.3 is 0 Å². The Morgan fingerprint density at radius 1 is 0.658 bits per heavy atom. The quantitative estimate of drug-likeness (QED) is 0.238. The van der Waals surface area contributed by atoms with Crippen molar-refractivity contribution in [2.24, 2.45) is 0 Å². The number of carbonyl (C=O) groups excluding carboxylic acids is 1. The van der Waals surface area contributed by atoms with Crippen molar-refractivity contribution in [3.8, 4) is 0 Å². The average molecular weight is 525 g/mol. The van der Waals surface area contributed by atoms with E-state index in [-0.39, 0.29) is 11.9 Å². The molecule has 0 saturated carbocycles. The zero-order valence-corrected chi connectivity index (χ0v) is 25.7. The van der Waals surface area contributed by atoms with Gasteiger partial charge in [0.2, 0.25) is 0 Å². The first-order chi connectivity index (χ1) is 17.9. The highest BCUT2D eigenvalue weighted by atomic mass is 28.4. The first-order valence-electron chi connectivity index (χ1n) is 14.2. The van der Waals surface area contributed by atoms with Gasteiger partial charge in [0.1, 0.15) is 0 Å². The second kappa shape index (κ2) is 11.2. The van der Waals surface area contributed by atoms with E-state index in [9.17, 15) is 4.79 Å². The molecule has 0 saturated heterocycles. The minimum absolute atomic E-state index is 0.146. The smallest absolute Gasteiger partial charge is 0.289 e. The normalized spacial score (nSPS) is 15.9. The van der Waals surface area contributed by atoms with Gasteiger partial charge in [0.25, 0.3) is 8.32 Å². The Bertz CT molecular complexity index is 1220. The van der Waals surface area contributed by atoms with E-state index in [0.717, 1.165) is 0 Å². The average Bonchev–Trinajstić information content (AvgIpc) is 3.26. The lowest BCUT2D eigenvalue weighted by atomic mass is 10.0. The third kappa shape index (κ3) is 5.37. The van der Waals surface area contributed by atoms with Gasteiger partial charge in [0, 0.05) is 6.42 Å². The van der Waals surface area contributed by atoms with Crippen molar-refractivity contribution in [3.05, 3.63) is 100 Å². The molecule has 3 aromatic rings. The third-order valence-corrected chi connectivity index (χ3v) is 12.1. The van der Waals surface area contributed by atoms with E-state index in [0.29, 0.717) is 24.2 Å². The van der Waals surface area contributed by atoms with Gasteiger partial charge < -0.3 is 4.43 Å². The van der Waals surface area contributed by atoms with Gasteiger partial charge in [-0.25, -0.2) is 0 Å². The van der Waals surface area contributed by atoms with Crippen LogP contribution < -0.4 is 15.6 Å². The van der Waals surface area contributed by atoms with Crippen molar-refractivity contribution in [2.75, 3.05) is 0 Å². The molecule has 4 rings (SSSR count). The van der Waals surface area contributed by atoms with Crippen molar-refractivity contribution in [2.45, 2.75) is 92.6 Å². The lowest BCUT2D eigenvalue weighted by molar-refractivity contribution is -0.114. The molecule has 200 valence electrons. The van der Waals surface area contributed by atoms with Crippen LogP contribution in [-0.4, -0.2) is 20.2 Å². The highest BCUT2D eigenvalue weighted by molar-refractivity contribution is 7.08. The Kier molecular flexibility index (Phi) is 8.30. The molecule has 0 spiro atoms. The second-order valence-corrected chi connectivity index (χ2v) is 15.3. The molecule has 0 fully saturated rings. The Morgan fingerprint density at radius 2 is 1.03 bits per heavy atom. The molecule has 1 aliphatic carbocycles. The predicted octanol–water partition coefficient (Wildman–Crippen LogP) is 6.86. The van der Waals surface area contributed by atoms with Gasteiger partial charge in [-0.15, -0.1) is 0 Å². The monoisotopic (exact) mass is 524 g/mol. The summed E-state index contributed by atoms with van der Waals surface area (Å²) in [6.45, 7) is 20.3. The van der Waals surface area contributed by atoms with E-state index in [2.05, 4.69) is 117 Å². The van der Waals surface area contributed by atoms with Gasteiger partial charge in [-0.3, -0.25) is 4.79 Å². The molecule has 0 aliphatic heterocycles. The fraction of sp³-hybridized carbons (Fsp3) is 0.400. The number of ketones is 1. The van der Waals surface area contributed by atoms with Crippen molar-refractivity contribution >= 4 is 29.7 Å². The molecule has 0 unspecified atom stereocenters. The summed E-state index contributed by atoms with van der Waals surface area (Å²) >= 11 is 0. The summed E-state index contributed by atoms with van der Waals surface area (Å²) in [5.74, 6) is 1.15. The van der Waals surface area contributed by atoms with E-state index in [1.165, 1.54) is 48.9 Å². The maximum absolute atomic E-state index is 12.5. The molecule has 2 nitrogen and oxygen atoms in total. The lowest BCUT2D eigenvalue weighted by Crippen LogP contribution is -2.72. The number of aryl methyl sites for hydroxylation is 3. The van der Waals surface area contributed by atoms with Crippen LogP contribution in [0.15, 0.2) is 66.7 Å². The molecule has 3 aromatic carbocycles. The minimum atomic E-state index is -3.14. The van der Waals surface area contributed by atoms with Gasteiger partial charge in [-0.2, -0.15) is 0 Å². The van der Waals surface area contributed by atoms with Crippen LogP contribution in [0.1, 0.15) is 99.1 Å². The summed E-state index contributed by atoms with van der Waals surface area (Å²) in [7, 11) is -3.14. The third-order valence-electron chi connectivity index (χ3n) is 7.86. The van der Waals surface area contributed by atoms with Gasteiger partial charge in [0.05, 0.1) is 6.10 Å². The fourth-order valence-electron chi connectivity index (χ4n) is 5.92. The van der Waals surface area contributed by atoms with Crippen LogP contribution >= 0.6 is 0 Å². The topological polar surface area (TPSA) is 26.3 Å². The van der Waals surface area contributed by atoms with Crippen LogP contribution in [-0.2, 0) is 9.22 Å². The van der Waals surface area contributed by atoms with Crippen LogP contribution in [0.2, 0.25) is 0 Å². The molecule has 0 radical (unpaired) electrons. The summed E-state index contributed by atoms with van der Waals surface area (Å²) in [6, 6.07) is 20.8. The molecule has 38 heavy (non-hydrogen) atoms. The van der Waals surface area contributed by atoms with Gasteiger partial charge in [-0.1, -0.05) is 119 Å². The SMILES string of the molecule is Cc1ccc(C(C)C)c([Si](O[C@H]2C=CC(=O)C2)(c2cc(C)ccc2C(C)C)c2cc(C)ccc2C(C)C)c1. The van der Waals surface area contributed by atoms with Crippen molar-refractivity contribution in [3.63, 3.8) is 0 Å². The molecule has 0 amide bonds. The highest BCUT2D eigenvalue weighted by Crippen LogP contribution is 2.29. The molecule has 1 aliphatic rings. The van der Waals surface area contributed by atoms with Crippen molar-refractivity contribution in [1.82, 2.24) is 0 Å². The summed E-state index contributed by atoms with van der Waals surface area (Å²) in [6.07, 6.45) is 3.87. The zero-order chi connectivity index (χ0) is 27.8. The number of allylic oxidation sites excluding steroid dienone is 1. The van der Waals surface area contributed by atoms with Crippen molar-refractivity contribution in [1.29, 1.82) is 0 Å². The van der Waals surface area contributed by atoms with Crippen LogP contribution in [0.25, 0.3) is 0 Å². The summed E-state index contributed by atoms with van der Waals surface area (Å²) < 4.78 is 7.60. The molecule has 3 heteroatoms. The van der Waals surface area contributed by atoms with E-state index < -0.39 is 8.32 Å². The number of benzene rings is 3. The van der Waals surface area contributed by atoms with E-state index >= 15 is 0 Å². The van der Waals surface area contributed by atoms with Gasteiger partial charge in [-0.05, 0) is 76.9 Å². The number of rotatable bonds is 8. The Balaban J connectivity index is 2.26. The number of hydrogen-bond acceptors (Lipinski definition) is 2. The lowest BCUT2D eigenvalue weighted by Gasteiger charge is -2.40. The standard InChI is InChI=1S/C35H44O2Si/c1-22(2)30-15-10-25(7)18-33(30)38(37-29-14-13-28(36)21-29,34-19-26(8)11-16-31(34)23(3)4)35-20-27(9)12-17-32(35)24(5)6/h10-20,22-24,29H,21H2,1-9H3/t29-/m0/s1. The molecular formula is C35H44O2Si. The van der Waals surface area contributed by atoms with Crippen molar-refractivity contribution < 1.29 is 9.22 Å². The Morgan fingerprint density at radius 3 is 1.32 bits per heavy atom. The summed E-state index contributed by atoms with van der Waals surface area (Å²) in [4.78, 5) is 12.5. The second-order valence-electron chi connectivity index (χ2n) is 12.1. The van der Waals surface area contributed by atoms with E-state index in [1.54, 1.807) is 6.08 Å². The largest absolute Gasteiger partial charge is 0.397 e. The first kappa shape index (κ1) is 28.3. The number of hydrogen-bond donors (Lipinski definition) is 0. The molecule has 1 atom stereocenters. The summed E-state index contributed by atoms with van der Waals surface area (Å²) in [5, 5.41) is 3.96. The maximum atomic E-state index is 12.5. The predicted molar refractivity (Wildman–Crippen MR) is 164 cm³/mol. The minimum Gasteiger partial charge on any atom is -0.397 e.